The molecule has 0 aliphatic heterocycles. The summed E-state index contributed by atoms with van der Waals surface area (Å²) >= 11 is 0. The molecule has 0 aromatic carbocycles. The van der Waals surface area contributed by atoms with Crippen molar-refractivity contribution in [2.24, 2.45) is 0 Å². The fourth-order valence-electron chi connectivity index (χ4n) is 0.968. The standard InChI is InChI=1S/C9H11N3/c1-9(2,3)7-5-11-6-12-8(7)4-10/h5-6H,1-3H3. The smallest absolute Gasteiger partial charge is 0.147 e. The molecule has 0 bridgehead atoms. The van der Waals surface area contributed by atoms with Crippen LogP contribution in [-0.2, 0) is 5.41 Å². The van der Waals surface area contributed by atoms with E-state index in [-0.39, 0.29) is 5.41 Å². The van der Waals surface area contributed by atoms with E-state index in [1.807, 2.05) is 20.8 Å². The Kier molecular flexibility index (Phi) is 2.09. The summed E-state index contributed by atoms with van der Waals surface area (Å²) in [5, 5.41) is 8.74. The van der Waals surface area contributed by atoms with Gasteiger partial charge in [-0.25, -0.2) is 9.97 Å². The summed E-state index contributed by atoms with van der Waals surface area (Å²) in [7, 11) is 0. The van der Waals surface area contributed by atoms with Gasteiger partial charge in [0.2, 0.25) is 0 Å². The first-order valence-corrected chi connectivity index (χ1v) is 3.76. The Morgan fingerprint density at radius 3 is 2.50 bits per heavy atom. The molecule has 0 fully saturated rings. The zero-order valence-electron chi connectivity index (χ0n) is 7.50. The van der Waals surface area contributed by atoms with Gasteiger partial charge in [0.25, 0.3) is 0 Å². The van der Waals surface area contributed by atoms with E-state index < -0.39 is 0 Å². The van der Waals surface area contributed by atoms with E-state index in [1.165, 1.54) is 6.33 Å². The summed E-state index contributed by atoms with van der Waals surface area (Å²) in [5.74, 6) is 0. The lowest BCUT2D eigenvalue weighted by molar-refractivity contribution is 0.581. The van der Waals surface area contributed by atoms with E-state index in [2.05, 4.69) is 16.0 Å². The Labute approximate surface area is 72.1 Å². The van der Waals surface area contributed by atoms with Crippen molar-refractivity contribution in [3.63, 3.8) is 0 Å². The van der Waals surface area contributed by atoms with Crippen LogP contribution in [0.5, 0.6) is 0 Å². The molecule has 0 atom stereocenters. The summed E-state index contributed by atoms with van der Waals surface area (Å²) in [6, 6.07) is 2.05. The summed E-state index contributed by atoms with van der Waals surface area (Å²) in [6.45, 7) is 6.10. The predicted octanol–water partition coefficient (Wildman–Crippen LogP) is 1.65. The van der Waals surface area contributed by atoms with E-state index in [4.69, 9.17) is 5.26 Å². The molecule has 0 amide bonds. The molecular weight excluding hydrogens is 150 g/mol. The van der Waals surface area contributed by atoms with Gasteiger partial charge in [-0.05, 0) is 5.41 Å². The Morgan fingerprint density at radius 1 is 1.42 bits per heavy atom. The molecule has 1 aromatic rings. The van der Waals surface area contributed by atoms with Crippen LogP contribution in [0, 0.1) is 11.3 Å². The molecule has 0 aliphatic rings. The van der Waals surface area contributed by atoms with Gasteiger partial charge in [0.15, 0.2) is 0 Å². The van der Waals surface area contributed by atoms with Crippen LogP contribution in [0.25, 0.3) is 0 Å². The van der Waals surface area contributed by atoms with Crippen molar-refractivity contribution in [3.8, 4) is 6.07 Å². The monoisotopic (exact) mass is 161 g/mol. The van der Waals surface area contributed by atoms with Gasteiger partial charge in [0.05, 0.1) is 0 Å². The lowest BCUT2D eigenvalue weighted by Crippen LogP contribution is -2.14. The lowest BCUT2D eigenvalue weighted by Gasteiger charge is -2.18. The van der Waals surface area contributed by atoms with Crippen molar-refractivity contribution < 1.29 is 0 Å². The van der Waals surface area contributed by atoms with Crippen LogP contribution in [0.2, 0.25) is 0 Å². The first kappa shape index (κ1) is 8.66. The van der Waals surface area contributed by atoms with Crippen molar-refractivity contribution >= 4 is 0 Å². The van der Waals surface area contributed by atoms with E-state index in [0.717, 1.165) is 5.56 Å². The van der Waals surface area contributed by atoms with Gasteiger partial charge < -0.3 is 0 Å². The van der Waals surface area contributed by atoms with Crippen LogP contribution in [0.1, 0.15) is 32.0 Å². The maximum absolute atomic E-state index is 8.74. The maximum atomic E-state index is 8.74. The molecule has 3 heteroatoms. The summed E-state index contributed by atoms with van der Waals surface area (Å²) in [4.78, 5) is 7.79. The third-order valence-electron chi connectivity index (χ3n) is 1.63. The van der Waals surface area contributed by atoms with Crippen molar-refractivity contribution in [2.75, 3.05) is 0 Å². The summed E-state index contributed by atoms with van der Waals surface area (Å²) in [6.07, 6.45) is 3.10. The second-order valence-electron chi connectivity index (χ2n) is 3.65. The van der Waals surface area contributed by atoms with Crippen molar-refractivity contribution in [2.45, 2.75) is 26.2 Å². The fraction of sp³-hybridized carbons (Fsp3) is 0.444. The van der Waals surface area contributed by atoms with Gasteiger partial charge in [0, 0.05) is 11.8 Å². The number of rotatable bonds is 0. The van der Waals surface area contributed by atoms with Crippen LogP contribution in [0.4, 0.5) is 0 Å². The van der Waals surface area contributed by atoms with E-state index in [0.29, 0.717) is 5.69 Å². The lowest BCUT2D eigenvalue weighted by atomic mass is 9.87. The van der Waals surface area contributed by atoms with Gasteiger partial charge in [-0.3, -0.25) is 0 Å². The second-order valence-corrected chi connectivity index (χ2v) is 3.65. The molecular formula is C9H11N3. The van der Waals surface area contributed by atoms with Crippen LogP contribution < -0.4 is 0 Å². The van der Waals surface area contributed by atoms with E-state index >= 15 is 0 Å². The molecule has 0 unspecified atom stereocenters. The number of hydrogen-bond donors (Lipinski definition) is 0. The number of hydrogen-bond acceptors (Lipinski definition) is 3. The molecule has 0 spiro atoms. The summed E-state index contributed by atoms with van der Waals surface area (Å²) in [5.41, 5.74) is 1.30. The Balaban J connectivity index is 3.26. The third-order valence-corrected chi connectivity index (χ3v) is 1.63. The van der Waals surface area contributed by atoms with Crippen LogP contribution >= 0.6 is 0 Å². The zero-order valence-corrected chi connectivity index (χ0v) is 7.50. The number of aromatic nitrogens is 2. The molecule has 1 rings (SSSR count). The third kappa shape index (κ3) is 1.59. The van der Waals surface area contributed by atoms with Crippen LogP contribution in [0.3, 0.4) is 0 Å². The van der Waals surface area contributed by atoms with Crippen molar-refractivity contribution in [1.29, 1.82) is 5.26 Å². The Morgan fingerprint density at radius 2 is 2.08 bits per heavy atom. The highest BCUT2D eigenvalue weighted by Crippen LogP contribution is 2.22. The van der Waals surface area contributed by atoms with Gasteiger partial charge in [0.1, 0.15) is 18.1 Å². The van der Waals surface area contributed by atoms with E-state index in [9.17, 15) is 0 Å². The highest BCUT2D eigenvalue weighted by atomic mass is 14.8. The molecule has 0 N–H and O–H groups in total. The highest BCUT2D eigenvalue weighted by molar-refractivity contribution is 5.33. The minimum absolute atomic E-state index is 0.0632. The van der Waals surface area contributed by atoms with Crippen molar-refractivity contribution in [3.05, 3.63) is 23.8 Å². The predicted molar refractivity (Wildman–Crippen MR) is 45.4 cm³/mol. The Bertz CT molecular complexity index is 317. The average Bonchev–Trinajstić information content (AvgIpc) is 2.03. The van der Waals surface area contributed by atoms with Crippen LogP contribution in [0.15, 0.2) is 12.5 Å². The zero-order chi connectivity index (χ0) is 9.19. The quantitative estimate of drug-likeness (QED) is 0.581. The molecule has 0 radical (unpaired) electrons. The first-order chi connectivity index (χ1) is 5.55. The minimum Gasteiger partial charge on any atom is -0.244 e. The molecule has 0 saturated heterocycles. The van der Waals surface area contributed by atoms with E-state index in [1.54, 1.807) is 6.20 Å². The average molecular weight is 161 g/mol. The highest BCUT2D eigenvalue weighted by Gasteiger charge is 2.18. The molecule has 62 valence electrons. The maximum Gasteiger partial charge on any atom is 0.147 e. The second kappa shape index (κ2) is 2.90. The number of nitrogens with zero attached hydrogens (tertiary/aromatic N) is 3. The van der Waals surface area contributed by atoms with Gasteiger partial charge in [-0.2, -0.15) is 5.26 Å². The molecule has 0 aliphatic carbocycles. The Hall–Kier alpha value is -1.43. The molecule has 3 nitrogen and oxygen atoms in total. The topological polar surface area (TPSA) is 49.6 Å². The van der Waals surface area contributed by atoms with Crippen LogP contribution in [-0.4, -0.2) is 9.97 Å². The first-order valence-electron chi connectivity index (χ1n) is 3.76. The van der Waals surface area contributed by atoms with Gasteiger partial charge in [-0.1, -0.05) is 20.8 Å². The fourth-order valence-corrected chi connectivity index (χ4v) is 0.968. The van der Waals surface area contributed by atoms with Crippen molar-refractivity contribution in [1.82, 2.24) is 9.97 Å². The summed E-state index contributed by atoms with van der Waals surface area (Å²) < 4.78 is 0. The van der Waals surface area contributed by atoms with Gasteiger partial charge in [-0.15, -0.1) is 0 Å². The number of nitriles is 1. The SMILES string of the molecule is CC(C)(C)c1cncnc1C#N. The largest absolute Gasteiger partial charge is 0.244 e. The normalized spacial score (nSPS) is 10.8. The molecule has 1 aromatic heterocycles. The molecule has 0 saturated carbocycles. The van der Waals surface area contributed by atoms with Gasteiger partial charge >= 0.3 is 0 Å². The molecule has 1 heterocycles. The molecule has 12 heavy (non-hydrogen) atoms. The minimum atomic E-state index is -0.0632.